The molecule has 3 rings (SSSR count). The Bertz CT molecular complexity index is 998. The van der Waals surface area contributed by atoms with Gasteiger partial charge in [-0.1, -0.05) is 35.7 Å². The van der Waals surface area contributed by atoms with Crippen molar-refractivity contribution in [3.63, 3.8) is 0 Å². The number of rotatable bonds is 8. The number of hydrogen-bond acceptors (Lipinski definition) is 6. The maximum Gasteiger partial charge on any atom is 0.289 e. The van der Waals surface area contributed by atoms with Gasteiger partial charge >= 0.3 is 0 Å². The molecular weight excluding hydrogens is 418 g/mol. The fourth-order valence-electron chi connectivity index (χ4n) is 2.58. The number of carbonyl (C=O) groups excluding carboxylic acids is 1. The van der Waals surface area contributed by atoms with Gasteiger partial charge in [0, 0.05) is 18.4 Å². The number of carbonyl (C=O) groups is 1. The van der Waals surface area contributed by atoms with Gasteiger partial charge in [0.25, 0.3) is 5.76 Å². The van der Waals surface area contributed by atoms with Crippen molar-refractivity contribution < 1.29 is 18.3 Å². The number of alkyl halides is 2. The first-order valence-corrected chi connectivity index (χ1v) is 10.4. The maximum atomic E-state index is 12.6. The monoisotopic (exact) mass is 436 g/mol. The van der Waals surface area contributed by atoms with Crippen molar-refractivity contribution in [1.82, 2.24) is 14.8 Å². The van der Waals surface area contributed by atoms with Crippen molar-refractivity contribution in [1.29, 1.82) is 0 Å². The van der Waals surface area contributed by atoms with Gasteiger partial charge in [-0.25, -0.2) is 0 Å². The minimum atomic E-state index is -2.50. The van der Waals surface area contributed by atoms with E-state index in [0.717, 1.165) is 11.3 Å². The largest absolute Gasteiger partial charge is 0.496 e. The Morgan fingerprint density at radius 2 is 2.10 bits per heavy atom. The van der Waals surface area contributed by atoms with E-state index in [-0.39, 0.29) is 5.91 Å². The summed E-state index contributed by atoms with van der Waals surface area (Å²) in [4.78, 5) is 11.7. The number of anilines is 1. The predicted molar refractivity (Wildman–Crippen MR) is 110 cm³/mol. The van der Waals surface area contributed by atoms with Crippen molar-refractivity contribution >= 4 is 35.1 Å². The number of methoxy groups -OCH3 is 1. The van der Waals surface area contributed by atoms with Crippen molar-refractivity contribution in [2.75, 3.05) is 12.4 Å². The lowest BCUT2D eigenvalue weighted by atomic mass is 10.2. The topological polar surface area (TPSA) is 69.0 Å². The highest BCUT2D eigenvalue weighted by atomic mass is 32.2. The Balaban J connectivity index is 1.75. The molecule has 152 valence electrons. The van der Waals surface area contributed by atoms with E-state index in [1.54, 1.807) is 30.6 Å². The summed E-state index contributed by atoms with van der Waals surface area (Å²) >= 11 is 1.91. The Labute approximate surface area is 175 Å². The minimum Gasteiger partial charge on any atom is -0.496 e. The quantitative estimate of drug-likeness (QED) is 0.510. The number of aromatic nitrogens is 3. The number of amides is 1. The molecule has 29 heavy (non-hydrogen) atoms. The SMILES string of the molecule is COc1cc(CSc2nncn2-c2cccc(NC(C)=O)c2)ccc1SC(F)F. The second-order valence-electron chi connectivity index (χ2n) is 5.87. The van der Waals surface area contributed by atoms with Crippen LogP contribution in [0, 0.1) is 0 Å². The first-order chi connectivity index (χ1) is 14.0. The van der Waals surface area contributed by atoms with Crippen molar-refractivity contribution in [3.05, 3.63) is 54.4 Å². The van der Waals surface area contributed by atoms with Crippen LogP contribution in [-0.4, -0.2) is 33.5 Å². The van der Waals surface area contributed by atoms with Crippen LogP contribution in [-0.2, 0) is 10.5 Å². The summed E-state index contributed by atoms with van der Waals surface area (Å²) in [6.45, 7) is 1.45. The summed E-state index contributed by atoms with van der Waals surface area (Å²) in [6, 6.07) is 12.5. The van der Waals surface area contributed by atoms with Gasteiger partial charge in [-0.3, -0.25) is 9.36 Å². The van der Waals surface area contributed by atoms with E-state index in [2.05, 4.69) is 15.5 Å². The molecule has 0 saturated heterocycles. The van der Waals surface area contributed by atoms with Gasteiger partial charge in [-0.05, 0) is 35.9 Å². The molecule has 6 nitrogen and oxygen atoms in total. The summed E-state index contributed by atoms with van der Waals surface area (Å²) in [5, 5.41) is 11.5. The lowest BCUT2D eigenvalue weighted by Crippen LogP contribution is -2.06. The molecule has 1 amide bonds. The minimum absolute atomic E-state index is 0.150. The average molecular weight is 437 g/mol. The summed E-state index contributed by atoms with van der Waals surface area (Å²) in [7, 11) is 1.46. The molecule has 0 saturated carbocycles. The standard InChI is InChI=1S/C19H18F2N4O2S2/c1-12(26)23-14-4-3-5-15(9-14)25-11-22-24-19(25)28-10-13-6-7-17(29-18(20)21)16(8-13)27-2/h3-9,11,18H,10H2,1-2H3,(H,23,26). The van der Waals surface area contributed by atoms with Crippen molar-refractivity contribution in [2.24, 2.45) is 0 Å². The number of ether oxygens (including phenoxy) is 1. The highest BCUT2D eigenvalue weighted by Gasteiger charge is 2.13. The lowest BCUT2D eigenvalue weighted by molar-refractivity contribution is -0.114. The number of nitrogens with zero attached hydrogens (tertiary/aromatic N) is 3. The van der Waals surface area contributed by atoms with Crippen LogP contribution in [0.5, 0.6) is 5.75 Å². The van der Waals surface area contributed by atoms with Gasteiger partial charge in [0.2, 0.25) is 5.91 Å². The van der Waals surface area contributed by atoms with Gasteiger partial charge in [0.1, 0.15) is 12.1 Å². The summed E-state index contributed by atoms with van der Waals surface area (Å²) in [5.41, 5.74) is 2.40. The normalized spacial score (nSPS) is 10.9. The zero-order valence-corrected chi connectivity index (χ0v) is 17.3. The fraction of sp³-hybridized carbons (Fsp3) is 0.211. The van der Waals surface area contributed by atoms with E-state index in [1.165, 1.54) is 25.8 Å². The van der Waals surface area contributed by atoms with Crippen LogP contribution in [0.15, 0.2) is 58.8 Å². The average Bonchev–Trinajstić information content (AvgIpc) is 3.15. The molecule has 0 aliphatic heterocycles. The van der Waals surface area contributed by atoms with Gasteiger partial charge < -0.3 is 10.1 Å². The third-order valence-corrected chi connectivity index (χ3v) is 5.56. The van der Waals surface area contributed by atoms with Crippen LogP contribution in [0.3, 0.4) is 0 Å². The third-order valence-electron chi connectivity index (χ3n) is 3.77. The molecule has 2 aromatic carbocycles. The molecule has 3 aromatic rings. The maximum absolute atomic E-state index is 12.6. The second kappa shape index (κ2) is 9.75. The molecule has 0 fully saturated rings. The van der Waals surface area contributed by atoms with E-state index in [4.69, 9.17) is 4.74 Å². The van der Waals surface area contributed by atoms with Crippen LogP contribution in [0.25, 0.3) is 5.69 Å². The Hall–Kier alpha value is -2.59. The van der Waals surface area contributed by atoms with Gasteiger partial charge in [0.05, 0.1) is 17.7 Å². The zero-order chi connectivity index (χ0) is 20.8. The van der Waals surface area contributed by atoms with Crippen molar-refractivity contribution in [3.8, 4) is 11.4 Å². The highest BCUT2D eigenvalue weighted by molar-refractivity contribution is 7.99. The molecule has 0 unspecified atom stereocenters. The molecule has 0 aliphatic rings. The molecule has 0 spiro atoms. The third kappa shape index (κ3) is 5.70. The molecule has 1 heterocycles. The summed E-state index contributed by atoms with van der Waals surface area (Å²) < 4.78 is 32.3. The molecule has 10 heteroatoms. The predicted octanol–water partition coefficient (Wildman–Crippen LogP) is 4.84. The zero-order valence-electron chi connectivity index (χ0n) is 15.6. The molecule has 1 aromatic heterocycles. The first kappa shape index (κ1) is 21.1. The van der Waals surface area contributed by atoms with Gasteiger partial charge in [-0.15, -0.1) is 10.2 Å². The van der Waals surface area contributed by atoms with Gasteiger partial charge in [0.15, 0.2) is 5.16 Å². The van der Waals surface area contributed by atoms with Crippen LogP contribution < -0.4 is 10.1 Å². The number of hydrogen-bond donors (Lipinski definition) is 1. The Kier molecular flexibility index (Phi) is 7.10. The number of thioether (sulfide) groups is 2. The first-order valence-electron chi connectivity index (χ1n) is 8.49. The van der Waals surface area contributed by atoms with Crippen LogP contribution >= 0.6 is 23.5 Å². The molecule has 0 aliphatic carbocycles. The van der Waals surface area contributed by atoms with E-state index >= 15 is 0 Å². The van der Waals surface area contributed by atoms with Crippen LogP contribution in [0.2, 0.25) is 0 Å². The molecular formula is C19H18F2N4O2S2. The number of nitrogens with one attached hydrogen (secondary N) is 1. The van der Waals surface area contributed by atoms with E-state index in [1.807, 2.05) is 22.8 Å². The summed E-state index contributed by atoms with van der Waals surface area (Å²) in [5.74, 6) is -1.68. The fourth-order valence-corrected chi connectivity index (χ4v) is 4.05. The number of benzene rings is 2. The van der Waals surface area contributed by atoms with E-state index < -0.39 is 5.76 Å². The Morgan fingerprint density at radius 1 is 1.28 bits per heavy atom. The molecule has 0 bridgehead atoms. The van der Waals surface area contributed by atoms with Crippen molar-refractivity contribution in [2.45, 2.75) is 28.5 Å². The molecule has 0 atom stereocenters. The summed E-state index contributed by atoms with van der Waals surface area (Å²) in [6.07, 6.45) is 1.60. The van der Waals surface area contributed by atoms with Crippen LogP contribution in [0.1, 0.15) is 12.5 Å². The number of halogens is 2. The second-order valence-corrected chi connectivity index (χ2v) is 7.84. The van der Waals surface area contributed by atoms with E-state index in [9.17, 15) is 13.6 Å². The Morgan fingerprint density at radius 3 is 2.83 bits per heavy atom. The lowest BCUT2D eigenvalue weighted by Gasteiger charge is -2.11. The van der Waals surface area contributed by atoms with E-state index in [0.29, 0.717) is 39.0 Å². The van der Waals surface area contributed by atoms with Gasteiger partial charge in [-0.2, -0.15) is 8.78 Å². The van der Waals surface area contributed by atoms with Crippen LogP contribution in [0.4, 0.5) is 14.5 Å². The molecule has 1 N–H and O–H groups in total. The highest BCUT2D eigenvalue weighted by Crippen LogP contribution is 2.35. The smallest absolute Gasteiger partial charge is 0.289 e. The molecule has 0 radical (unpaired) electrons.